The summed E-state index contributed by atoms with van der Waals surface area (Å²) in [7, 11) is 1.51. The van der Waals surface area contributed by atoms with Crippen LogP contribution in [0.15, 0.2) is 60.3 Å². The number of hydrogen-bond donors (Lipinski definition) is 3. The van der Waals surface area contributed by atoms with E-state index in [-0.39, 0.29) is 50.6 Å². The van der Waals surface area contributed by atoms with Crippen LogP contribution < -0.4 is 14.8 Å². The number of ether oxygens (including phenoxy) is 4. The van der Waals surface area contributed by atoms with Gasteiger partial charge < -0.3 is 39.3 Å². The number of allylic oxidation sites excluding steroid dienone is 1. The van der Waals surface area contributed by atoms with Crippen molar-refractivity contribution in [1.29, 1.82) is 0 Å². The lowest BCUT2D eigenvalue weighted by molar-refractivity contribution is -0.255. The molecule has 2 amide bonds. The maximum atomic E-state index is 13.9. The highest BCUT2D eigenvalue weighted by atomic mass is 16.7. The average Bonchev–Trinajstić information content (AvgIpc) is 3.12. The Hall–Kier alpha value is -3.87. The van der Waals surface area contributed by atoms with Crippen molar-refractivity contribution in [2.45, 2.75) is 89.4 Å². The van der Waals surface area contributed by atoms with Gasteiger partial charge in [-0.2, -0.15) is 0 Å². The molecule has 12 heteroatoms. The number of hydrogen-bond acceptors (Lipinski definition) is 10. The van der Waals surface area contributed by atoms with Crippen molar-refractivity contribution in [3.63, 3.8) is 0 Å². The predicted octanol–water partition coefficient (Wildman–Crippen LogP) is 6.48. The second kappa shape index (κ2) is 19.7. The zero-order chi connectivity index (χ0) is 36.8. The van der Waals surface area contributed by atoms with Crippen LogP contribution in [0, 0.1) is 17.8 Å². The molecule has 0 saturated heterocycles. The Morgan fingerprint density at radius 3 is 2.55 bits per heavy atom. The standard InChI is InChI=1S/C39H57N3O9/c1-6-10-23-48-38(46)42(19-7-2)34-26-32(41-47-5)30-24-27(15-11-13-20-43)29(16-12-14-21-44)35-31-25-28(50-37(45)40-9-4)17-18-33(31)51-39(34,36(30)35)49-22-8-3/h6,8,17-18,24-25,27,29,34-36,43-44H,1,3,7,9-16,19-23,26H2,2,4-5H3,(H,40,45)/t27-,29+,34-,35+,36+,39+/m0/s1. The van der Waals surface area contributed by atoms with Crippen molar-refractivity contribution in [3.05, 3.63) is 60.7 Å². The molecular weight excluding hydrogens is 654 g/mol. The molecule has 12 nitrogen and oxygen atoms in total. The predicted molar refractivity (Wildman–Crippen MR) is 195 cm³/mol. The van der Waals surface area contributed by atoms with E-state index >= 15 is 0 Å². The minimum atomic E-state index is -1.38. The first kappa shape index (κ1) is 39.9. The molecule has 0 bridgehead atoms. The SMILES string of the molecule is C=CCCOC(=O)N(CCC)[C@H]1CC(=NOC)C2=C[C@H](CCCCO)[C@@H](CCCCO)[C@@H]3c4cc(OC(=O)NCC)ccc4O[C@@]1(OCC=C)[C@H]23. The number of benzene rings is 1. The van der Waals surface area contributed by atoms with E-state index in [4.69, 9.17) is 23.8 Å². The third-order valence-electron chi connectivity index (χ3n) is 10.0. The number of nitrogens with one attached hydrogen (secondary N) is 1. The number of carbonyl (C=O) groups excluding carboxylic acids is 2. The molecule has 1 aliphatic heterocycles. The van der Waals surface area contributed by atoms with E-state index < -0.39 is 29.9 Å². The van der Waals surface area contributed by atoms with Gasteiger partial charge in [-0.15, -0.1) is 13.2 Å². The lowest BCUT2D eigenvalue weighted by Crippen LogP contribution is -2.70. The molecule has 2 aliphatic carbocycles. The van der Waals surface area contributed by atoms with Crippen LogP contribution in [0.5, 0.6) is 11.5 Å². The number of carbonyl (C=O) groups is 2. The minimum absolute atomic E-state index is 0.0415. The number of fused-ring (bicyclic) bond motifs is 2. The second-order valence-corrected chi connectivity index (χ2v) is 13.3. The Morgan fingerprint density at radius 1 is 1.12 bits per heavy atom. The van der Waals surface area contributed by atoms with Crippen LogP contribution in [0.3, 0.4) is 0 Å². The van der Waals surface area contributed by atoms with E-state index in [1.807, 2.05) is 26.0 Å². The van der Waals surface area contributed by atoms with E-state index in [0.717, 1.165) is 36.8 Å². The number of aliphatic hydroxyl groups is 2. The molecule has 1 saturated carbocycles. The van der Waals surface area contributed by atoms with Crippen LogP contribution in [-0.4, -0.2) is 91.5 Å². The van der Waals surface area contributed by atoms with Crippen molar-refractivity contribution in [2.75, 3.05) is 46.6 Å². The Labute approximate surface area is 302 Å². The summed E-state index contributed by atoms with van der Waals surface area (Å²) in [5, 5.41) is 26.8. The second-order valence-electron chi connectivity index (χ2n) is 13.3. The lowest BCUT2D eigenvalue weighted by Gasteiger charge is -2.59. The van der Waals surface area contributed by atoms with Crippen LogP contribution >= 0.6 is 0 Å². The molecule has 1 heterocycles. The number of aliphatic hydroxyl groups excluding tert-OH is 2. The van der Waals surface area contributed by atoms with Gasteiger partial charge in [0.15, 0.2) is 0 Å². The van der Waals surface area contributed by atoms with Gasteiger partial charge in [-0.05, 0) is 81.1 Å². The molecule has 0 aromatic heterocycles. The zero-order valence-corrected chi connectivity index (χ0v) is 30.5. The number of oxime groups is 1. The largest absolute Gasteiger partial charge is 0.459 e. The molecule has 1 fully saturated rings. The van der Waals surface area contributed by atoms with Crippen molar-refractivity contribution < 1.29 is 43.6 Å². The normalized spacial score (nSPS) is 25.4. The fourth-order valence-corrected chi connectivity index (χ4v) is 8.04. The summed E-state index contributed by atoms with van der Waals surface area (Å²) >= 11 is 0. The quantitative estimate of drug-likeness (QED) is 0.0785. The van der Waals surface area contributed by atoms with E-state index in [9.17, 15) is 19.8 Å². The Bertz CT molecular complexity index is 1400. The van der Waals surface area contributed by atoms with Gasteiger partial charge in [-0.3, -0.25) is 4.90 Å². The molecule has 0 unspecified atom stereocenters. The Kier molecular flexibility index (Phi) is 15.4. The molecule has 1 aromatic carbocycles. The molecule has 3 aliphatic rings. The lowest BCUT2D eigenvalue weighted by atomic mass is 9.55. The Balaban J connectivity index is 2.00. The van der Waals surface area contributed by atoms with E-state index in [1.54, 1.807) is 23.1 Å². The monoisotopic (exact) mass is 711 g/mol. The fourth-order valence-electron chi connectivity index (χ4n) is 8.04. The summed E-state index contributed by atoms with van der Waals surface area (Å²) < 4.78 is 25.5. The highest BCUT2D eigenvalue weighted by Gasteiger charge is 2.65. The fraction of sp³-hybridized carbons (Fsp3) is 0.615. The van der Waals surface area contributed by atoms with Gasteiger partial charge in [0, 0.05) is 44.2 Å². The van der Waals surface area contributed by atoms with Gasteiger partial charge in [0.1, 0.15) is 24.7 Å². The number of nitrogens with zero attached hydrogens (tertiary/aromatic N) is 2. The smallest absolute Gasteiger partial charge is 0.412 e. The summed E-state index contributed by atoms with van der Waals surface area (Å²) in [5.74, 6) is -1.02. The first-order valence-electron chi connectivity index (χ1n) is 18.4. The molecule has 6 atom stereocenters. The molecule has 3 N–H and O–H groups in total. The van der Waals surface area contributed by atoms with E-state index in [2.05, 4.69) is 29.7 Å². The van der Waals surface area contributed by atoms with Gasteiger partial charge in [0.2, 0.25) is 5.79 Å². The molecule has 1 aromatic rings. The van der Waals surface area contributed by atoms with Crippen LogP contribution in [0.2, 0.25) is 0 Å². The number of rotatable bonds is 20. The van der Waals surface area contributed by atoms with Crippen LogP contribution in [0.25, 0.3) is 0 Å². The van der Waals surface area contributed by atoms with E-state index in [1.165, 1.54) is 7.11 Å². The summed E-state index contributed by atoms with van der Waals surface area (Å²) in [6, 6.07) is 4.72. The highest BCUT2D eigenvalue weighted by Crippen LogP contribution is 2.62. The van der Waals surface area contributed by atoms with E-state index in [0.29, 0.717) is 56.0 Å². The third-order valence-corrected chi connectivity index (χ3v) is 10.0. The van der Waals surface area contributed by atoms with Crippen molar-refractivity contribution in [2.24, 2.45) is 22.9 Å². The van der Waals surface area contributed by atoms with Gasteiger partial charge in [0.25, 0.3) is 0 Å². The third kappa shape index (κ3) is 9.14. The molecule has 51 heavy (non-hydrogen) atoms. The molecule has 4 rings (SSSR count). The summed E-state index contributed by atoms with van der Waals surface area (Å²) in [6.45, 7) is 12.9. The first-order chi connectivity index (χ1) is 24.8. The van der Waals surface area contributed by atoms with Crippen LogP contribution in [0.1, 0.15) is 83.1 Å². The van der Waals surface area contributed by atoms with Gasteiger partial charge in [-0.25, -0.2) is 9.59 Å². The molecule has 0 spiro atoms. The Morgan fingerprint density at radius 2 is 1.88 bits per heavy atom. The zero-order valence-electron chi connectivity index (χ0n) is 30.5. The van der Waals surface area contributed by atoms with Crippen molar-refractivity contribution in [1.82, 2.24) is 10.2 Å². The topological polar surface area (TPSA) is 148 Å². The van der Waals surface area contributed by atoms with Crippen LogP contribution in [-0.2, 0) is 14.3 Å². The minimum Gasteiger partial charge on any atom is -0.459 e. The highest BCUT2D eigenvalue weighted by molar-refractivity contribution is 6.03. The molecular formula is C39H57N3O9. The van der Waals surface area contributed by atoms with Crippen LogP contribution in [0.4, 0.5) is 9.59 Å². The van der Waals surface area contributed by atoms with Gasteiger partial charge in [0.05, 0.1) is 24.8 Å². The maximum absolute atomic E-state index is 13.9. The first-order valence-corrected chi connectivity index (χ1v) is 18.4. The molecule has 0 radical (unpaired) electrons. The maximum Gasteiger partial charge on any atom is 0.412 e. The molecule has 282 valence electrons. The van der Waals surface area contributed by atoms with Crippen molar-refractivity contribution >= 4 is 17.9 Å². The summed E-state index contributed by atoms with van der Waals surface area (Å²) in [5.41, 5.74) is 2.48. The van der Waals surface area contributed by atoms with Gasteiger partial charge >= 0.3 is 12.2 Å². The number of amides is 2. The number of unbranched alkanes of at least 4 members (excludes halogenated alkanes) is 2. The van der Waals surface area contributed by atoms with Gasteiger partial charge in [-0.1, -0.05) is 43.1 Å². The summed E-state index contributed by atoms with van der Waals surface area (Å²) in [4.78, 5) is 33.7. The average molecular weight is 712 g/mol. The van der Waals surface area contributed by atoms with Crippen molar-refractivity contribution in [3.8, 4) is 11.5 Å². The summed E-state index contributed by atoms with van der Waals surface area (Å²) in [6.07, 6.45) is 10.6.